The average Bonchev–Trinajstić information content (AvgIpc) is 2.90. The van der Waals surface area contributed by atoms with E-state index in [0.717, 1.165) is 18.6 Å². The molecule has 0 saturated carbocycles. The fraction of sp³-hybridized carbons (Fsp3) is 0.357. The third kappa shape index (κ3) is 4.93. The number of methoxy groups -OCH3 is 1. The number of aliphatic hydroxyl groups excluding tert-OH is 1. The molecule has 104 valence electrons. The van der Waals surface area contributed by atoms with E-state index < -0.39 is 0 Å². The first-order valence-electron chi connectivity index (χ1n) is 6.04. The lowest BCUT2D eigenvalue weighted by atomic mass is 10.1. The molecule has 0 amide bonds. The molecule has 0 radical (unpaired) electrons. The van der Waals surface area contributed by atoms with Crippen molar-refractivity contribution >= 4 is 12.4 Å². The van der Waals surface area contributed by atoms with Crippen molar-refractivity contribution in [3.05, 3.63) is 48.5 Å². The first-order valence-corrected chi connectivity index (χ1v) is 6.04. The van der Waals surface area contributed by atoms with E-state index in [2.05, 4.69) is 4.98 Å². The van der Waals surface area contributed by atoms with E-state index >= 15 is 0 Å². The van der Waals surface area contributed by atoms with Gasteiger partial charge >= 0.3 is 0 Å². The smallest absolute Gasteiger partial charge is 0.118 e. The minimum atomic E-state index is -0.346. The molecule has 0 aliphatic carbocycles. The molecule has 1 aromatic carbocycles. The highest BCUT2D eigenvalue weighted by atomic mass is 35.5. The first kappa shape index (κ1) is 15.5. The summed E-state index contributed by atoms with van der Waals surface area (Å²) in [6, 6.07) is 7.95. The van der Waals surface area contributed by atoms with E-state index in [1.165, 1.54) is 5.56 Å². The molecule has 0 aliphatic rings. The van der Waals surface area contributed by atoms with Crippen molar-refractivity contribution in [2.24, 2.45) is 0 Å². The predicted octanol–water partition coefficient (Wildman–Crippen LogP) is 2.31. The van der Waals surface area contributed by atoms with E-state index in [0.29, 0.717) is 6.54 Å². The average molecular weight is 283 g/mol. The topological polar surface area (TPSA) is 47.3 Å². The molecule has 0 fully saturated rings. The Labute approximate surface area is 119 Å². The number of aromatic nitrogens is 2. The van der Waals surface area contributed by atoms with Crippen LogP contribution in [0.3, 0.4) is 0 Å². The minimum absolute atomic E-state index is 0. The number of imidazole rings is 1. The number of halogens is 1. The van der Waals surface area contributed by atoms with Crippen LogP contribution >= 0.6 is 12.4 Å². The second-order valence-electron chi connectivity index (χ2n) is 4.30. The fourth-order valence-corrected chi connectivity index (χ4v) is 1.85. The van der Waals surface area contributed by atoms with Crippen LogP contribution in [0.25, 0.3) is 0 Å². The molecule has 1 atom stereocenters. The molecular weight excluding hydrogens is 264 g/mol. The van der Waals surface area contributed by atoms with Crippen molar-refractivity contribution in [3.63, 3.8) is 0 Å². The molecule has 4 nitrogen and oxygen atoms in total. The number of hydrogen-bond acceptors (Lipinski definition) is 3. The van der Waals surface area contributed by atoms with E-state index in [-0.39, 0.29) is 18.5 Å². The first-order chi connectivity index (χ1) is 8.78. The Bertz CT molecular complexity index is 457. The van der Waals surface area contributed by atoms with Gasteiger partial charge in [0.2, 0.25) is 0 Å². The Morgan fingerprint density at radius 2 is 2.05 bits per heavy atom. The molecule has 19 heavy (non-hydrogen) atoms. The van der Waals surface area contributed by atoms with E-state index in [1.54, 1.807) is 19.6 Å². The van der Waals surface area contributed by atoms with Gasteiger partial charge in [0.15, 0.2) is 0 Å². The Morgan fingerprint density at radius 1 is 1.32 bits per heavy atom. The summed E-state index contributed by atoms with van der Waals surface area (Å²) in [4.78, 5) is 3.95. The Kier molecular flexibility index (Phi) is 6.39. The summed E-state index contributed by atoms with van der Waals surface area (Å²) >= 11 is 0. The lowest BCUT2D eigenvalue weighted by Crippen LogP contribution is -2.15. The zero-order chi connectivity index (χ0) is 12.8. The summed E-state index contributed by atoms with van der Waals surface area (Å²) in [5.41, 5.74) is 1.21. The second-order valence-corrected chi connectivity index (χ2v) is 4.30. The number of hydrogen-bond donors (Lipinski definition) is 1. The van der Waals surface area contributed by atoms with Gasteiger partial charge in [0.05, 0.1) is 19.5 Å². The third-order valence-corrected chi connectivity index (χ3v) is 2.91. The van der Waals surface area contributed by atoms with Crippen molar-refractivity contribution in [2.75, 3.05) is 7.11 Å². The number of aryl methyl sites for hydroxylation is 1. The molecule has 1 unspecified atom stereocenters. The lowest BCUT2D eigenvalue weighted by Gasteiger charge is -2.11. The van der Waals surface area contributed by atoms with Crippen LogP contribution in [0.2, 0.25) is 0 Å². The largest absolute Gasteiger partial charge is 0.497 e. The SMILES string of the molecule is COc1ccc(CCC(O)Cn2ccnc2)cc1.Cl. The molecule has 2 rings (SSSR count). The van der Waals surface area contributed by atoms with Gasteiger partial charge in [0, 0.05) is 18.9 Å². The highest BCUT2D eigenvalue weighted by molar-refractivity contribution is 5.85. The van der Waals surface area contributed by atoms with Gasteiger partial charge in [-0.3, -0.25) is 0 Å². The van der Waals surface area contributed by atoms with Gasteiger partial charge in [0.1, 0.15) is 5.75 Å². The number of benzene rings is 1. The molecule has 5 heteroatoms. The van der Waals surface area contributed by atoms with Gasteiger partial charge in [-0.25, -0.2) is 4.98 Å². The molecule has 1 aromatic heterocycles. The van der Waals surface area contributed by atoms with Gasteiger partial charge in [0.25, 0.3) is 0 Å². The molecule has 1 N–H and O–H groups in total. The molecule has 0 spiro atoms. The number of nitrogens with zero attached hydrogens (tertiary/aromatic N) is 2. The molecular formula is C14H19ClN2O2. The summed E-state index contributed by atoms with van der Waals surface area (Å²) in [6.07, 6.45) is 6.55. The molecule has 1 heterocycles. The van der Waals surface area contributed by atoms with Crippen LogP contribution < -0.4 is 4.74 Å². The standard InChI is InChI=1S/C14H18N2O2.ClH/c1-18-14-6-3-12(4-7-14)2-5-13(17)10-16-9-8-15-11-16;/h3-4,6-9,11,13,17H,2,5,10H2,1H3;1H. The third-order valence-electron chi connectivity index (χ3n) is 2.91. The Balaban J connectivity index is 0.00000180. The number of aliphatic hydroxyl groups is 1. The van der Waals surface area contributed by atoms with Crippen LogP contribution in [0, 0.1) is 0 Å². The fourth-order valence-electron chi connectivity index (χ4n) is 1.85. The minimum Gasteiger partial charge on any atom is -0.497 e. The lowest BCUT2D eigenvalue weighted by molar-refractivity contribution is 0.144. The number of rotatable bonds is 6. The summed E-state index contributed by atoms with van der Waals surface area (Å²) in [5.74, 6) is 0.859. The molecule has 2 aromatic rings. The zero-order valence-corrected chi connectivity index (χ0v) is 11.7. The van der Waals surface area contributed by atoms with Gasteiger partial charge in [-0.15, -0.1) is 12.4 Å². The maximum Gasteiger partial charge on any atom is 0.118 e. The monoisotopic (exact) mass is 282 g/mol. The van der Waals surface area contributed by atoms with Crippen molar-refractivity contribution in [3.8, 4) is 5.75 Å². The zero-order valence-electron chi connectivity index (χ0n) is 10.9. The van der Waals surface area contributed by atoms with Gasteiger partial charge in [-0.2, -0.15) is 0 Å². The van der Waals surface area contributed by atoms with Crippen LogP contribution in [0.4, 0.5) is 0 Å². The van der Waals surface area contributed by atoms with Crippen LogP contribution in [0.5, 0.6) is 5.75 Å². The maximum absolute atomic E-state index is 9.91. The second kappa shape index (κ2) is 7.81. The predicted molar refractivity (Wildman–Crippen MR) is 76.8 cm³/mol. The highest BCUT2D eigenvalue weighted by Gasteiger charge is 2.05. The molecule has 0 saturated heterocycles. The van der Waals surface area contributed by atoms with Gasteiger partial charge < -0.3 is 14.4 Å². The van der Waals surface area contributed by atoms with Crippen LogP contribution in [-0.4, -0.2) is 27.9 Å². The van der Waals surface area contributed by atoms with E-state index in [1.807, 2.05) is 35.0 Å². The van der Waals surface area contributed by atoms with Crippen LogP contribution in [0.1, 0.15) is 12.0 Å². The maximum atomic E-state index is 9.91. The summed E-state index contributed by atoms with van der Waals surface area (Å²) < 4.78 is 6.99. The molecule has 0 aliphatic heterocycles. The Hall–Kier alpha value is -1.52. The van der Waals surface area contributed by atoms with Crippen molar-refractivity contribution in [2.45, 2.75) is 25.5 Å². The molecule has 0 bridgehead atoms. The summed E-state index contributed by atoms with van der Waals surface area (Å²) in [5, 5.41) is 9.91. The highest BCUT2D eigenvalue weighted by Crippen LogP contribution is 2.13. The summed E-state index contributed by atoms with van der Waals surface area (Å²) in [6.45, 7) is 0.593. The number of ether oxygens (including phenoxy) is 1. The van der Waals surface area contributed by atoms with Crippen molar-refractivity contribution < 1.29 is 9.84 Å². The van der Waals surface area contributed by atoms with Crippen molar-refractivity contribution in [1.29, 1.82) is 0 Å². The van der Waals surface area contributed by atoms with Crippen LogP contribution in [0.15, 0.2) is 43.0 Å². The van der Waals surface area contributed by atoms with E-state index in [4.69, 9.17) is 4.74 Å². The summed E-state index contributed by atoms with van der Waals surface area (Å²) in [7, 11) is 1.66. The van der Waals surface area contributed by atoms with Gasteiger partial charge in [-0.05, 0) is 30.5 Å². The quantitative estimate of drug-likeness (QED) is 0.884. The van der Waals surface area contributed by atoms with Gasteiger partial charge in [-0.1, -0.05) is 12.1 Å². The van der Waals surface area contributed by atoms with Crippen LogP contribution in [-0.2, 0) is 13.0 Å². The normalized spacial score (nSPS) is 11.7. The van der Waals surface area contributed by atoms with Crippen molar-refractivity contribution in [1.82, 2.24) is 9.55 Å². The van der Waals surface area contributed by atoms with E-state index in [9.17, 15) is 5.11 Å². The Morgan fingerprint density at radius 3 is 2.63 bits per heavy atom.